The molecule has 0 radical (unpaired) electrons. The Morgan fingerprint density at radius 2 is 1.93 bits per heavy atom. The van der Waals surface area contributed by atoms with E-state index < -0.39 is 82.5 Å². The van der Waals surface area contributed by atoms with Crippen molar-refractivity contribution >= 4 is 11.6 Å². The molecule has 44 heavy (non-hydrogen) atoms. The number of aromatic nitrogens is 1. The van der Waals surface area contributed by atoms with Crippen molar-refractivity contribution in [3.63, 3.8) is 0 Å². The summed E-state index contributed by atoms with van der Waals surface area (Å²) in [4.78, 5) is 32.9. The van der Waals surface area contributed by atoms with Crippen LogP contribution < -0.4 is 20.9 Å². The molecule has 3 heterocycles. The molecule has 3 aromatic rings. The third-order valence-corrected chi connectivity index (χ3v) is 7.95. The molecular formula is C30H30F4N4O6. The van der Waals surface area contributed by atoms with Gasteiger partial charge in [0.25, 0.3) is 11.5 Å². The maximum Gasteiger partial charge on any atom is 0.297 e. The first-order valence-electron chi connectivity index (χ1n) is 13.8. The van der Waals surface area contributed by atoms with Crippen LogP contribution in [0.1, 0.15) is 47.3 Å². The maximum absolute atomic E-state index is 14.2. The zero-order valence-electron chi connectivity index (χ0n) is 23.5. The SMILES string of the molecule is CC1CCC2(ON=C(CF)C2O)C(n2cc(C(=O)NCc3c(F)cc(F)cc3F)c(O)c(OCc3ccccc3)c2=O)CN1. The average Bonchev–Trinajstić information content (AvgIpc) is 3.21. The number of benzene rings is 2. The van der Waals surface area contributed by atoms with Crippen molar-refractivity contribution in [2.24, 2.45) is 5.16 Å². The van der Waals surface area contributed by atoms with Crippen molar-refractivity contribution in [2.45, 2.75) is 56.7 Å². The van der Waals surface area contributed by atoms with Gasteiger partial charge in [0, 0.05) is 43.0 Å². The van der Waals surface area contributed by atoms with Crippen molar-refractivity contribution in [1.29, 1.82) is 0 Å². The third-order valence-electron chi connectivity index (χ3n) is 7.95. The number of pyridine rings is 1. The van der Waals surface area contributed by atoms with E-state index in [0.29, 0.717) is 24.1 Å². The number of carbonyl (C=O) groups is 1. The van der Waals surface area contributed by atoms with Crippen LogP contribution in [0.5, 0.6) is 11.5 Å². The van der Waals surface area contributed by atoms with Crippen LogP contribution in [-0.2, 0) is 18.0 Å². The Kier molecular flexibility index (Phi) is 8.92. The molecule has 5 rings (SSSR count). The summed E-state index contributed by atoms with van der Waals surface area (Å²) in [6.07, 6.45) is 0.0567. The van der Waals surface area contributed by atoms with Gasteiger partial charge in [0.05, 0.1) is 6.04 Å². The lowest BCUT2D eigenvalue weighted by Gasteiger charge is -2.37. The van der Waals surface area contributed by atoms with Crippen molar-refractivity contribution in [2.75, 3.05) is 13.2 Å². The van der Waals surface area contributed by atoms with Gasteiger partial charge in [0.15, 0.2) is 11.4 Å². The fourth-order valence-electron chi connectivity index (χ4n) is 5.44. The molecule has 4 unspecified atom stereocenters. The van der Waals surface area contributed by atoms with Gasteiger partial charge in [-0.1, -0.05) is 35.5 Å². The number of nitrogens with zero attached hydrogens (tertiary/aromatic N) is 2. The molecule has 14 heteroatoms. The lowest BCUT2D eigenvalue weighted by atomic mass is 9.82. The Hall–Kier alpha value is -4.43. The van der Waals surface area contributed by atoms with Crippen LogP contribution in [0.4, 0.5) is 17.6 Å². The predicted octanol–water partition coefficient (Wildman–Crippen LogP) is 3.25. The summed E-state index contributed by atoms with van der Waals surface area (Å²) in [6.45, 7) is -0.131. The van der Waals surface area contributed by atoms with E-state index in [1.807, 2.05) is 6.92 Å². The quantitative estimate of drug-likeness (QED) is 0.285. The van der Waals surface area contributed by atoms with Crippen molar-refractivity contribution in [3.05, 3.63) is 93.2 Å². The number of nitrogens with one attached hydrogen (secondary N) is 2. The molecule has 1 fully saturated rings. The van der Waals surface area contributed by atoms with E-state index in [2.05, 4.69) is 15.8 Å². The molecule has 2 aromatic carbocycles. The molecule has 0 saturated carbocycles. The Balaban J connectivity index is 1.58. The minimum atomic E-state index is -1.62. The molecule has 1 amide bonds. The second kappa shape index (κ2) is 12.7. The molecule has 1 saturated heterocycles. The molecule has 2 aliphatic heterocycles. The van der Waals surface area contributed by atoms with Crippen molar-refractivity contribution in [1.82, 2.24) is 15.2 Å². The van der Waals surface area contributed by atoms with Gasteiger partial charge < -0.3 is 35.0 Å². The second-order valence-electron chi connectivity index (χ2n) is 10.8. The summed E-state index contributed by atoms with van der Waals surface area (Å²) in [5.41, 5.74) is -3.29. The predicted molar refractivity (Wildman–Crippen MR) is 150 cm³/mol. The van der Waals surface area contributed by atoms with Gasteiger partial charge in [0.1, 0.15) is 48.1 Å². The number of amides is 1. The van der Waals surface area contributed by atoms with E-state index in [9.17, 15) is 37.4 Å². The molecule has 4 atom stereocenters. The van der Waals surface area contributed by atoms with Crippen LogP contribution in [0, 0.1) is 17.5 Å². The standard InChI is InChI=1S/C30H30F4N4O6/c1-16-7-8-30(27(40)23(11-31)37-44-30)24(13-35-16)38-14-20(28(41)36-12-19-21(33)9-18(32)10-22(19)34)25(39)26(29(38)42)43-15-17-5-3-2-4-6-17/h2-6,9-10,14,16,24,27,35,39-40H,7-8,11-13,15H2,1H3,(H,36,41). The molecule has 1 spiro atoms. The molecule has 0 aliphatic carbocycles. The molecular weight excluding hydrogens is 588 g/mol. The summed E-state index contributed by atoms with van der Waals surface area (Å²) in [5.74, 6) is -6.14. The smallest absolute Gasteiger partial charge is 0.297 e. The number of hydrogen-bond acceptors (Lipinski definition) is 8. The number of aliphatic hydroxyl groups is 1. The monoisotopic (exact) mass is 618 g/mol. The molecule has 1 aromatic heterocycles. The van der Waals surface area contributed by atoms with E-state index >= 15 is 0 Å². The van der Waals surface area contributed by atoms with Crippen LogP contribution in [0.3, 0.4) is 0 Å². The summed E-state index contributed by atoms with van der Waals surface area (Å²) in [5, 5.41) is 31.5. The summed E-state index contributed by atoms with van der Waals surface area (Å²) in [7, 11) is 0. The zero-order valence-corrected chi connectivity index (χ0v) is 23.5. The summed E-state index contributed by atoms with van der Waals surface area (Å²) in [6, 6.07) is 8.37. The van der Waals surface area contributed by atoms with E-state index in [-0.39, 0.29) is 31.3 Å². The summed E-state index contributed by atoms with van der Waals surface area (Å²) < 4.78 is 62.3. The first-order chi connectivity index (χ1) is 21.1. The van der Waals surface area contributed by atoms with Gasteiger partial charge in [-0.3, -0.25) is 9.59 Å². The Morgan fingerprint density at radius 1 is 1.23 bits per heavy atom. The Morgan fingerprint density at radius 3 is 2.59 bits per heavy atom. The highest BCUT2D eigenvalue weighted by Gasteiger charge is 2.56. The van der Waals surface area contributed by atoms with Crippen LogP contribution in [0.25, 0.3) is 0 Å². The van der Waals surface area contributed by atoms with E-state index in [0.717, 1.165) is 10.8 Å². The average molecular weight is 619 g/mol. The number of carbonyl (C=O) groups excluding carboxylic acids is 1. The van der Waals surface area contributed by atoms with Crippen LogP contribution >= 0.6 is 0 Å². The minimum absolute atomic E-state index is 0.00316. The number of aliphatic hydroxyl groups excluding tert-OH is 1. The lowest BCUT2D eigenvalue weighted by molar-refractivity contribution is -0.111. The molecule has 234 valence electrons. The highest BCUT2D eigenvalue weighted by Crippen LogP contribution is 2.42. The van der Waals surface area contributed by atoms with Gasteiger partial charge in [0.2, 0.25) is 5.75 Å². The number of hydrogen-bond donors (Lipinski definition) is 4. The minimum Gasteiger partial charge on any atom is -0.504 e. The lowest BCUT2D eigenvalue weighted by Crippen LogP contribution is -2.54. The number of oxime groups is 1. The van der Waals surface area contributed by atoms with Gasteiger partial charge in [-0.2, -0.15) is 0 Å². The molecule has 0 bridgehead atoms. The first-order valence-corrected chi connectivity index (χ1v) is 13.8. The van der Waals surface area contributed by atoms with Crippen molar-refractivity contribution < 1.29 is 42.1 Å². The fraction of sp³-hybridized carbons (Fsp3) is 0.367. The molecule has 2 aliphatic rings. The summed E-state index contributed by atoms with van der Waals surface area (Å²) >= 11 is 0. The number of aromatic hydroxyl groups is 1. The topological polar surface area (TPSA) is 134 Å². The van der Waals surface area contributed by atoms with E-state index in [1.54, 1.807) is 30.3 Å². The highest BCUT2D eigenvalue weighted by atomic mass is 19.1. The number of alkyl halides is 1. The van der Waals surface area contributed by atoms with Crippen molar-refractivity contribution in [3.8, 4) is 11.5 Å². The normalized spacial score (nSPS) is 23.1. The largest absolute Gasteiger partial charge is 0.504 e. The molecule has 10 nitrogen and oxygen atoms in total. The van der Waals surface area contributed by atoms with E-state index in [4.69, 9.17) is 9.57 Å². The zero-order chi connectivity index (χ0) is 31.6. The number of rotatable bonds is 8. The van der Waals surface area contributed by atoms with Crippen LogP contribution in [0.15, 0.2) is 58.6 Å². The van der Waals surface area contributed by atoms with Gasteiger partial charge in [-0.25, -0.2) is 17.6 Å². The maximum atomic E-state index is 14.2. The Labute approximate surface area is 248 Å². The highest BCUT2D eigenvalue weighted by molar-refractivity contribution is 5.97. The number of ether oxygens (including phenoxy) is 1. The number of halogens is 4. The molecule has 4 N–H and O–H groups in total. The van der Waals surface area contributed by atoms with E-state index in [1.165, 1.54) is 0 Å². The first kappa shape index (κ1) is 31.0. The Bertz CT molecular complexity index is 1610. The van der Waals surface area contributed by atoms with Gasteiger partial charge in [-0.15, -0.1) is 0 Å². The van der Waals surface area contributed by atoms with Gasteiger partial charge >= 0.3 is 0 Å². The van der Waals surface area contributed by atoms with Gasteiger partial charge in [-0.05, 0) is 25.3 Å². The fourth-order valence-corrected chi connectivity index (χ4v) is 5.44. The second-order valence-corrected chi connectivity index (χ2v) is 10.8. The van der Waals surface area contributed by atoms with Crippen LogP contribution in [-0.4, -0.2) is 57.4 Å². The third kappa shape index (κ3) is 5.86. The van der Waals surface area contributed by atoms with Crippen LogP contribution in [0.2, 0.25) is 0 Å².